The minimum absolute atomic E-state index is 0.134. The molecule has 2 aliphatic rings. The molecule has 2 amide bonds. The second-order valence-corrected chi connectivity index (χ2v) is 6.00. The Hall–Kier alpha value is -1.51. The lowest BCUT2D eigenvalue weighted by Crippen LogP contribution is -2.45. The molecule has 2 fully saturated rings. The van der Waals surface area contributed by atoms with Gasteiger partial charge in [-0.25, -0.2) is 4.79 Å². The molecule has 102 valence electrons. The first-order chi connectivity index (χ1) is 9.24. The number of urea groups is 1. The molecule has 1 aromatic carbocycles. The van der Waals surface area contributed by atoms with Crippen LogP contribution in [0.5, 0.6) is 0 Å². The van der Waals surface area contributed by atoms with Gasteiger partial charge in [0.25, 0.3) is 0 Å². The van der Waals surface area contributed by atoms with Crippen molar-refractivity contribution in [3.8, 4) is 0 Å². The standard InChI is InChI=1S/C16H22N2O/c1-12-6-5-9-18(11-12)16(19)17-15-10-14(15)13-7-3-2-4-8-13/h2-4,7-8,12,14-15H,5-6,9-11H2,1H3,(H,17,19). The predicted octanol–water partition coefficient (Wildman–Crippen LogP) is 2.98. The molecule has 3 unspecified atom stereocenters. The highest BCUT2D eigenvalue weighted by Crippen LogP contribution is 2.40. The van der Waals surface area contributed by atoms with E-state index in [1.54, 1.807) is 0 Å². The molecule has 0 aromatic heterocycles. The van der Waals surface area contributed by atoms with Gasteiger partial charge in [-0.05, 0) is 30.7 Å². The summed E-state index contributed by atoms with van der Waals surface area (Å²) >= 11 is 0. The molecule has 3 heteroatoms. The fourth-order valence-electron chi connectivity index (χ4n) is 3.05. The van der Waals surface area contributed by atoms with Crippen molar-refractivity contribution in [3.05, 3.63) is 35.9 Å². The van der Waals surface area contributed by atoms with Crippen LogP contribution in [0.3, 0.4) is 0 Å². The van der Waals surface area contributed by atoms with E-state index in [-0.39, 0.29) is 6.03 Å². The largest absolute Gasteiger partial charge is 0.335 e. The first-order valence-electron chi connectivity index (χ1n) is 7.34. The van der Waals surface area contributed by atoms with Gasteiger partial charge in [0, 0.05) is 25.0 Å². The van der Waals surface area contributed by atoms with E-state index in [2.05, 4.69) is 36.5 Å². The summed E-state index contributed by atoms with van der Waals surface area (Å²) in [4.78, 5) is 14.2. The number of benzene rings is 1. The maximum absolute atomic E-state index is 12.2. The van der Waals surface area contributed by atoms with E-state index in [0.29, 0.717) is 17.9 Å². The Morgan fingerprint density at radius 2 is 2.11 bits per heavy atom. The molecule has 1 saturated heterocycles. The summed E-state index contributed by atoms with van der Waals surface area (Å²) in [5.41, 5.74) is 1.35. The number of nitrogens with one attached hydrogen (secondary N) is 1. The van der Waals surface area contributed by atoms with Crippen LogP contribution in [0.15, 0.2) is 30.3 Å². The lowest BCUT2D eigenvalue weighted by Gasteiger charge is -2.31. The Morgan fingerprint density at radius 1 is 1.32 bits per heavy atom. The van der Waals surface area contributed by atoms with Crippen LogP contribution < -0.4 is 5.32 Å². The number of likely N-dealkylation sites (tertiary alicyclic amines) is 1. The Bertz CT molecular complexity index is 445. The van der Waals surface area contributed by atoms with Gasteiger partial charge in [0.15, 0.2) is 0 Å². The van der Waals surface area contributed by atoms with Crippen LogP contribution in [0, 0.1) is 5.92 Å². The van der Waals surface area contributed by atoms with E-state index in [1.165, 1.54) is 12.0 Å². The highest BCUT2D eigenvalue weighted by Gasteiger charge is 2.40. The number of hydrogen-bond donors (Lipinski definition) is 1. The van der Waals surface area contributed by atoms with Crippen molar-refractivity contribution in [2.75, 3.05) is 13.1 Å². The van der Waals surface area contributed by atoms with Gasteiger partial charge in [-0.2, -0.15) is 0 Å². The monoisotopic (exact) mass is 258 g/mol. The molecule has 1 heterocycles. The third kappa shape index (κ3) is 2.91. The van der Waals surface area contributed by atoms with Crippen molar-refractivity contribution in [2.45, 2.75) is 38.1 Å². The van der Waals surface area contributed by atoms with Crippen LogP contribution in [0.25, 0.3) is 0 Å². The summed E-state index contributed by atoms with van der Waals surface area (Å²) in [6.07, 6.45) is 3.47. The highest BCUT2D eigenvalue weighted by molar-refractivity contribution is 5.75. The second-order valence-electron chi connectivity index (χ2n) is 6.00. The SMILES string of the molecule is CC1CCCN(C(=O)NC2CC2c2ccccc2)C1. The molecule has 3 rings (SSSR count). The van der Waals surface area contributed by atoms with Crippen molar-refractivity contribution in [2.24, 2.45) is 5.92 Å². The highest BCUT2D eigenvalue weighted by atomic mass is 16.2. The zero-order valence-corrected chi connectivity index (χ0v) is 11.5. The lowest BCUT2D eigenvalue weighted by molar-refractivity contribution is 0.169. The molecule has 1 aliphatic carbocycles. The van der Waals surface area contributed by atoms with Crippen molar-refractivity contribution in [3.63, 3.8) is 0 Å². The number of rotatable bonds is 2. The van der Waals surface area contributed by atoms with Crippen molar-refractivity contribution >= 4 is 6.03 Å². The Balaban J connectivity index is 1.52. The molecule has 0 radical (unpaired) electrons. The first kappa shape index (κ1) is 12.5. The molecule has 1 saturated carbocycles. The van der Waals surface area contributed by atoms with Gasteiger partial charge in [-0.3, -0.25) is 0 Å². The minimum atomic E-state index is 0.134. The fraction of sp³-hybridized carbons (Fsp3) is 0.562. The van der Waals surface area contributed by atoms with Gasteiger partial charge in [-0.1, -0.05) is 37.3 Å². The van der Waals surface area contributed by atoms with E-state index in [1.807, 2.05) is 11.0 Å². The number of piperidine rings is 1. The summed E-state index contributed by atoms with van der Waals surface area (Å²) in [6, 6.07) is 11.0. The number of hydrogen-bond acceptors (Lipinski definition) is 1. The summed E-state index contributed by atoms with van der Waals surface area (Å²) in [7, 11) is 0. The Morgan fingerprint density at radius 3 is 2.84 bits per heavy atom. The summed E-state index contributed by atoms with van der Waals surface area (Å²) in [5.74, 6) is 1.16. The summed E-state index contributed by atoms with van der Waals surface area (Å²) < 4.78 is 0. The van der Waals surface area contributed by atoms with Crippen LogP contribution >= 0.6 is 0 Å². The van der Waals surface area contributed by atoms with Gasteiger partial charge in [0.1, 0.15) is 0 Å². The van der Waals surface area contributed by atoms with Gasteiger partial charge in [0.05, 0.1) is 0 Å². The zero-order valence-electron chi connectivity index (χ0n) is 11.5. The number of carbonyl (C=O) groups excluding carboxylic acids is 1. The van der Waals surface area contributed by atoms with E-state index >= 15 is 0 Å². The van der Waals surface area contributed by atoms with Crippen molar-refractivity contribution in [1.29, 1.82) is 0 Å². The molecule has 1 aliphatic heterocycles. The van der Waals surface area contributed by atoms with Crippen LogP contribution in [-0.2, 0) is 0 Å². The zero-order chi connectivity index (χ0) is 13.2. The minimum Gasteiger partial charge on any atom is -0.335 e. The fourth-order valence-corrected chi connectivity index (χ4v) is 3.05. The first-order valence-corrected chi connectivity index (χ1v) is 7.34. The summed E-state index contributed by atoms with van der Waals surface area (Å²) in [6.45, 7) is 4.05. The van der Waals surface area contributed by atoms with E-state index in [9.17, 15) is 4.79 Å². The normalized spacial score (nSPS) is 29.9. The summed E-state index contributed by atoms with van der Waals surface area (Å²) in [5, 5.41) is 3.18. The van der Waals surface area contributed by atoms with Crippen LogP contribution in [0.1, 0.15) is 37.7 Å². The molecule has 0 spiro atoms. The topological polar surface area (TPSA) is 32.3 Å². The van der Waals surface area contributed by atoms with Gasteiger partial charge < -0.3 is 10.2 Å². The van der Waals surface area contributed by atoms with Crippen LogP contribution in [0.4, 0.5) is 4.79 Å². The van der Waals surface area contributed by atoms with E-state index < -0.39 is 0 Å². The molecule has 19 heavy (non-hydrogen) atoms. The van der Waals surface area contributed by atoms with Crippen molar-refractivity contribution in [1.82, 2.24) is 10.2 Å². The number of nitrogens with zero attached hydrogens (tertiary/aromatic N) is 1. The molecule has 3 atom stereocenters. The van der Waals surface area contributed by atoms with Crippen LogP contribution in [-0.4, -0.2) is 30.1 Å². The Kier molecular flexibility index (Phi) is 3.45. The molecular weight excluding hydrogens is 236 g/mol. The molecule has 1 aromatic rings. The average molecular weight is 258 g/mol. The number of amides is 2. The predicted molar refractivity (Wildman–Crippen MR) is 76.1 cm³/mol. The Labute approximate surface area is 115 Å². The third-order valence-electron chi connectivity index (χ3n) is 4.27. The van der Waals surface area contributed by atoms with Gasteiger partial charge in [0.2, 0.25) is 0 Å². The molecular formula is C16H22N2O. The van der Waals surface area contributed by atoms with Gasteiger partial charge in [-0.15, -0.1) is 0 Å². The molecule has 0 bridgehead atoms. The smallest absolute Gasteiger partial charge is 0.317 e. The average Bonchev–Trinajstić information content (AvgIpc) is 3.19. The van der Waals surface area contributed by atoms with E-state index in [0.717, 1.165) is 25.9 Å². The van der Waals surface area contributed by atoms with Crippen LogP contribution in [0.2, 0.25) is 0 Å². The molecule has 3 nitrogen and oxygen atoms in total. The third-order valence-corrected chi connectivity index (χ3v) is 4.27. The van der Waals surface area contributed by atoms with Gasteiger partial charge >= 0.3 is 6.03 Å². The molecule has 1 N–H and O–H groups in total. The lowest BCUT2D eigenvalue weighted by atomic mass is 10.0. The van der Waals surface area contributed by atoms with E-state index in [4.69, 9.17) is 0 Å². The maximum atomic E-state index is 12.2. The van der Waals surface area contributed by atoms with Crippen molar-refractivity contribution < 1.29 is 4.79 Å². The maximum Gasteiger partial charge on any atom is 0.317 e. The quantitative estimate of drug-likeness (QED) is 0.869. The number of carbonyl (C=O) groups is 1. The second kappa shape index (κ2) is 5.24.